The van der Waals surface area contributed by atoms with E-state index in [2.05, 4.69) is 15.8 Å². The molecule has 0 aliphatic rings. The van der Waals surface area contributed by atoms with Gasteiger partial charge in [-0.05, 0) is 19.8 Å². The van der Waals surface area contributed by atoms with Gasteiger partial charge >= 0.3 is 0 Å². The van der Waals surface area contributed by atoms with E-state index in [9.17, 15) is 9.59 Å². The molecule has 23 heavy (non-hydrogen) atoms. The van der Waals surface area contributed by atoms with Gasteiger partial charge in [-0.1, -0.05) is 19.0 Å². The zero-order chi connectivity index (χ0) is 16.6. The van der Waals surface area contributed by atoms with Gasteiger partial charge in [-0.15, -0.1) is 24.2 Å². The molecule has 0 saturated heterocycles. The van der Waals surface area contributed by atoms with Gasteiger partial charge in [0.15, 0.2) is 5.82 Å². The number of aromatic nitrogens is 1. The van der Waals surface area contributed by atoms with Crippen LogP contribution in [0.15, 0.2) is 10.6 Å². The van der Waals surface area contributed by atoms with Crippen LogP contribution in [0, 0.1) is 6.92 Å². The van der Waals surface area contributed by atoms with Gasteiger partial charge in [0, 0.05) is 12.6 Å². The van der Waals surface area contributed by atoms with E-state index in [4.69, 9.17) is 10.3 Å². The average molecular weight is 365 g/mol. The number of carbonyl (C=O) groups excluding carboxylic acids is 2. The molecule has 1 aromatic heterocycles. The number of nitrogens with one attached hydrogen (secondary N) is 2. The second kappa shape index (κ2) is 10.5. The van der Waals surface area contributed by atoms with Crippen LogP contribution >= 0.6 is 24.2 Å². The van der Waals surface area contributed by atoms with Gasteiger partial charge in [-0.25, -0.2) is 0 Å². The molecule has 0 aromatic carbocycles. The topological polar surface area (TPSA) is 110 Å². The summed E-state index contributed by atoms with van der Waals surface area (Å²) in [5.41, 5.74) is 5.39. The summed E-state index contributed by atoms with van der Waals surface area (Å²) >= 11 is 1.24. The number of halogens is 1. The molecule has 0 bridgehead atoms. The molecule has 0 saturated carbocycles. The molecular formula is C14H25ClN4O3S. The lowest BCUT2D eigenvalue weighted by Crippen LogP contribution is -2.53. The molecule has 7 nitrogen and oxygen atoms in total. The largest absolute Gasteiger partial charge is 0.360 e. The SMILES string of the molecule is CCC(CC)(CN)NC(=O)CSCC(=O)Nc1cc(C)on1.Cl. The number of thioether (sulfide) groups is 1. The zero-order valence-corrected chi connectivity index (χ0v) is 15.3. The Morgan fingerprint density at radius 1 is 1.30 bits per heavy atom. The lowest BCUT2D eigenvalue weighted by Gasteiger charge is -2.31. The fourth-order valence-corrected chi connectivity index (χ4v) is 2.56. The van der Waals surface area contributed by atoms with Crippen molar-refractivity contribution in [2.24, 2.45) is 5.73 Å². The maximum Gasteiger partial charge on any atom is 0.235 e. The van der Waals surface area contributed by atoms with Crippen LogP contribution in [0.5, 0.6) is 0 Å². The molecule has 0 unspecified atom stereocenters. The van der Waals surface area contributed by atoms with Crippen molar-refractivity contribution in [2.75, 3.05) is 23.4 Å². The Morgan fingerprint density at radius 3 is 2.39 bits per heavy atom. The fourth-order valence-electron chi connectivity index (χ4n) is 1.94. The minimum atomic E-state index is -0.349. The number of anilines is 1. The second-order valence-electron chi connectivity index (χ2n) is 5.10. The Hall–Kier alpha value is -1.25. The Bertz CT molecular complexity index is 498. The van der Waals surface area contributed by atoms with Crippen molar-refractivity contribution in [1.29, 1.82) is 0 Å². The van der Waals surface area contributed by atoms with Crippen molar-refractivity contribution in [3.63, 3.8) is 0 Å². The molecule has 9 heteroatoms. The molecule has 132 valence electrons. The highest BCUT2D eigenvalue weighted by Crippen LogP contribution is 2.14. The van der Waals surface area contributed by atoms with E-state index in [-0.39, 0.29) is 41.3 Å². The number of hydrogen-bond donors (Lipinski definition) is 3. The number of nitrogens with two attached hydrogens (primary N) is 1. The minimum Gasteiger partial charge on any atom is -0.360 e. The highest BCUT2D eigenvalue weighted by molar-refractivity contribution is 8.00. The number of carbonyl (C=O) groups is 2. The quantitative estimate of drug-likeness (QED) is 0.615. The predicted octanol–water partition coefficient (Wildman–Crippen LogP) is 1.71. The predicted molar refractivity (Wildman–Crippen MR) is 95.0 cm³/mol. The Morgan fingerprint density at radius 2 is 1.91 bits per heavy atom. The van der Waals surface area contributed by atoms with Crippen LogP contribution in [0.25, 0.3) is 0 Å². The van der Waals surface area contributed by atoms with Gasteiger partial charge in [0.1, 0.15) is 5.76 Å². The molecule has 1 aromatic rings. The maximum absolute atomic E-state index is 11.9. The fraction of sp³-hybridized carbons (Fsp3) is 0.643. The Kier molecular flexibility index (Phi) is 9.94. The summed E-state index contributed by atoms with van der Waals surface area (Å²) in [6.07, 6.45) is 1.56. The molecular weight excluding hydrogens is 340 g/mol. The molecule has 0 atom stereocenters. The van der Waals surface area contributed by atoms with Crippen LogP contribution in [0.4, 0.5) is 5.82 Å². The van der Waals surface area contributed by atoms with Crippen molar-refractivity contribution in [3.8, 4) is 0 Å². The molecule has 0 fully saturated rings. The molecule has 0 aliphatic carbocycles. The minimum absolute atomic E-state index is 0. The molecule has 1 heterocycles. The van der Waals surface area contributed by atoms with Gasteiger partial charge in [-0.2, -0.15) is 0 Å². The number of amides is 2. The van der Waals surface area contributed by atoms with E-state index in [1.54, 1.807) is 13.0 Å². The van der Waals surface area contributed by atoms with Crippen molar-refractivity contribution >= 4 is 41.8 Å². The van der Waals surface area contributed by atoms with Crippen molar-refractivity contribution < 1.29 is 14.1 Å². The zero-order valence-electron chi connectivity index (χ0n) is 13.7. The summed E-state index contributed by atoms with van der Waals surface area (Å²) < 4.78 is 4.85. The Balaban J connectivity index is 0.00000484. The van der Waals surface area contributed by atoms with E-state index >= 15 is 0 Å². The highest BCUT2D eigenvalue weighted by atomic mass is 35.5. The lowest BCUT2D eigenvalue weighted by atomic mass is 9.93. The van der Waals surface area contributed by atoms with Gasteiger partial charge in [0.2, 0.25) is 11.8 Å². The molecule has 1 rings (SSSR count). The summed E-state index contributed by atoms with van der Waals surface area (Å²) in [5, 5.41) is 9.24. The van der Waals surface area contributed by atoms with Crippen molar-refractivity contribution in [2.45, 2.75) is 39.2 Å². The van der Waals surface area contributed by atoms with Gasteiger partial charge in [0.05, 0.1) is 17.0 Å². The normalized spacial score (nSPS) is 10.8. The van der Waals surface area contributed by atoms with Crippen molar-refractivity contribution in [1.82, 2.24) is 10.5 Å². The highest BCUT2D eigenvalue weighted by Gasteiger charge is 2.26. The summed E-state index contributed by atoms with van der Waals surface area (Å²) in [5.74, 6) is 1.07. The second-order valence-corrected chi connectivity index (χ2v) is 6.09. The smallest absolute Gasteiger partial charge is 0.235 e. The molecule has 0 radical (unpaired) electrons. The third-order valence-corrected chi connectivity index (χ3v) is 4.44. The van der Waals surface area contributed by atoms with Crippen LogP contribution in [0.2, 0.25) is 0 Å². The van der Waals surface area contributed by atoms with Crippen LogP contribution in [0.3, 0.4) is 0 Å². The van der Waals surface area contributed by atoms with Crippen LogP contribution in [0.1, 0.15) is 32.4 Å². The summed E-state index contributed by atoms with van der Waals surface area (Å²) in [4.78, 5) is 23.6. The van der Waals surface area contributed by atoms with Crippen LogP contribution < -0.4 is 16.4 Å². The first-order valence-corrected chi connectivity index (χ1v) is 8.42. The summed E-state index contributed by atoms with van der Waals surface area (Å²) in [6.45, 7) is 6.14. The van der Waals surface area contributed by atoms with Gasteiger partial charge in [0.25, 0.3) is 0 Å². The van der Waals surface area contributed by atoms with E-state index in [0.29, 0.717) is 18.1 Å². The summed E-state index contributed by atoms with van der Waals surface area (Å²) in [6, 6.07) is 1.63. The van der Waals surface area contributed by atoms with Crippen molar-refractivity contribution in [3.05, 3.63) is 11.8 Å². The van der Waals surface area contributed by atoms with Crippen LogP contribution in [-0.2, 0) is 9.59 Å². The van der Waals surface area contributed by atoms with E-state index in [1.165, 1.54) is 11.8 Å². The Labute approximate surface area is 146 Å². The van der Waals surface area contributed by atoms with Gasteiger partial charge in [-0.3, -0.25) is 9.59 Å². The maximum atomic E-state index is 11.9. The average Bonchev–Trinajstić information content (AvgIpc) is 2.90. The first kappa shape index (κ1) is 21.8. The van der Waals surface area contributed by atoms with E-state index in [0.717, 1.165) is 12.8 Å². The third-order valence-electron chi connectivity index (χ3n) is 3.51. The molecule has 0 aliphatic heterocycles. The monoisotopic (exact) mass is 364 g/mol. The van der Waals surface area contributed by atoms with Gasteiger partial charge < -0.3 is 20.9 Å². The lowest BCUT2D eigenvalue weighted by molar-refractivity contribution is -0.120. The molecule has 4 N–H and O–H groups in total. The molecule has 0 spiro atoms. The first-order valence-electron chi connectivity index (χ1n) is 7.26. The first-order chi connectivity index (χ1) is 10.4. The molecule has 2 amide bonds. The number of nitrogens with zero attached hydrogens (tertiary/aromatic N) is 1. The number of hydrogen-bond acceptors (Lipinski definition) is 6. The van der Waals surface area contributed by atoms with E-state index in [1.807, 2.05) is 13.8 Å². The third kappa shape index (κ3) is 7.24. The standard InChI is InChI=1S/C14H24N4O3S.ClH/c1-4-14(5-2,9-15)17-13(20)8-22-7-12(19)16-11-6-10(3)21-18-11;/h6H,4-5,7-9,15H2,1-3H3,(H,17,20)(H,16,18,19);1H. The number of rotatable bonds is 9. The van der Waals surface area contributed by atoms with Crippen LogP contribution in [-0.4, -0.2) is 40.6 Å². The summed E-state index contributed by atoms with van der Waals surface area (Å²) in [7, 11) is 0. The number of aryl methyl sites for hydroxylation is 1. The van der Waals surface area contributed by atoms with E-state index < -0.39 is 0 Å².